The van der Waals surface area contributed by atoms with E-state index < -0.39 is 17.7 Å². The lowest BCUT2D eigenvalue weighted by molar-refractivity contribution is 0.222. The van der Waals surface area contributed by atoms with E-state index in [1.807, 2.05) is 0 Å². The number of hydrogen-bond acceptors (Lipinski definition) is 2. The van der Waals surface area contributed by atoms with E-state index in [0.717, 1.165) is 18.2 Å². The molecule has 1 N–H and O–H groups in total. The molecular formula is C10H10F2O2. The average Bonchev–Trinajstić information content (AvgIpc) is 2.19. The lowest BCUT2D eigenvalue weighted by Gasteiger charge is -2.09. The van der Waals surface area contributed by atoms with Crippen LogP contribution in [-0.4, -0.2) is 12.2 Å². The van der Waals surface area contributed by atoms with Gasteiger partial charge in [-0.15, -0.1) is 6.58 Å². The number of halogens is 2. The van der Waals surface area contributed by atoms with E-state index in [1.54, 1.807) is 0 Å². The summed E-state index contributed by atoms with van der Waals surface area (Å²) >= 11 is 0. The highest BCUT2D eigenvalue weighted by Gasteiger charge is 2.14. The molecule has 0 amide bonds. The normalized spacial score (nSPS) is 12.3. The smallest absolute Gasteiger partial charge is 0.165 e. The molecule has 0 bridgehead atoms. The molecule has 0 fully saturated rings. The quantitative estimate of drug-likeness (QED) is 0.758. The van der Waals surface area contributed by atoms with E-state index in [2.05, 4.69) is 11.3 Å². The Morgan fingerprint density at radius 3 is 2.57 bits per heavy atom. The number of methoxy groups -OCH3 is 1. The second-order valence-corrected chi connectivity index (χ2v) is 2.69. The topological polar surface area (TPSA) is 29.5 Å². The van der Waals surface area contributed by atoms with Crippen molar-refractivity contribution in [1.82, 2.24) is 0 Å². The number of ether oxygens (including phenoxy) is 1. The maximum absolute atomic E-state index is 13.2. The minimum atomic E-state index is -1.21. The minimum absolute atomic E-state index is 0.154. The first-order chi connectivity index (χ1) is 6.60. The van der Waals surface area contributed by atoms with Gasteiger partial charge in [0.2, 0.25) is 0 Å². The highest BCUT2D eigenvalue weighted by molar-refractivity contribution is 5.33. The zero-order valence-corrected chi connectivity index (χ0v) is 7.63. The van der Waals surface area contributed by atoms with Crippen molar-refractivity contribution in [3.63, 3.8) is 0 Å². The van der Waals surface area contributed by atoms with Gasteiger partial charge in [-0.1, -0.05) is 6.08 Å². The van der Waals surface area contributed by atoms with Crippen molar-refractivity contribution >= 4 is 0 Å². The summed E-state index contributed by atoms with van der Waals surface area (Å²) in [4.78, 5) is 0. The summed E-state index contributed by atoms with van der Waals surface area (Å²) in [6, 6.07) is 1.78. The molecule has 0 saturated carbocycles. The molecule has 2 nitrogen and oxygen atoms in total. The highest BCUT2D eigenvalue weighted by atomic mass is 19.1. The summed E-state index contributed by atoms with van der Waals surface area (Å²) in [5.41, 5.74) is -0.154. The van der Waals surface area contributed by atoms with Gasteiger partial charge in [0.15, 0.2) is 11.6 Å². The maximum Gasteiger partial charge on any atom is 0.165 e. The fraction of sp³-hybridized carbons (Fsp3) is 0.200. The summed E-state index contributed by atoms with van der Waals surface area (Å²) in [5.74, 6) is -1.64. The van der Waals surface area contributed by atoms with Crippen molar-refractivity contribution in [2.24, 2.45) is 0 Å². The van der Waals surface area contributed by atoms with Crippen LogP contribution in [0.4, 0.5) is 8.78 Å². The van der Waals surface area contributed by atoms with E-state index in [4.69, 9.17) is 0 Å². The van der Waals surface area contributed by atoms with Gasteiger partial charge in [0, 0.05) is 11.6 Å². The fourth-order valence-corrected chi connectivity index (χ4v) is 1.05. The van der Waals surface area contributed by atoms with E-state index in [1.165, 1.54) is 7.11 Å². The van der Waals surface area contributed by atoms with Crippen molar-refractivity contribution in [2.75, 3.05) is 7.11 Å². The molecule has 76 valence electrons. The predicted octanol–water partition coefficient (Wildman–Crippen LogP) is 2.19. The molecule has 1 aromatic carbocycles. The molecule has 0 heterocycles. The second-order valence-electron chi connectivity index (χ2n) is 2.69. The summed E-state index contributed by atoms with van der Waals surface area (Å²) in [5, 5.41) is 9.23. The Labute approximate surface area is 80.4 Å². The summed E-state index contributed by atoms with van der Waals surface area (Å²) < 4.78 is 30.9. The van der Waals surface area contributed by atoms with Crippen molar-refractivity contribution in [2.45, 2.75) is 6.10 Å². The molecule has 14 heavy (non-hydrogen) atoms. The first-order valence-corrected chi connectivity index (χ1v) is 3.93. The molecule has 1 rings (SSSR count). The molecule has 0 aliphatic rings. The fourth-order valence-electron chi connectivity index (χ4n) is 1.05. The van der Waals surface area contributed by atoms with Crippen molar-refractivity contribution in [1.29, 1.82) is 0 Å². The zero-order chi connectivity index (χ0) is 10.7. The third kappa shape index (κ3) is 1.90. The lowest BCUT2D eigenvalue weighted by atomic mass is 10.1. The Morgan fingerprint density at radius 2 is 2.07 bits per heavy atom. The van der Waals surface area contributed by atoms with Crippen LogP contribution in [0.25, 0.3) is 0 Å². The zero-order valence-electron chi connectivity index (χ0n) is 7.63. The van der Waals surface area contributed by atoms with Gasteiger partial charge in [-0.2, -0.15) is 0 Å². The Kier molecular flexibility index (Phi) is 3.19. The number of rotatable bonds is 3. The Bertz CT molecular complexity index is 350. The molecule has 1 atom stereocenters. The lowest BCUT2D eigenvalue weighted by Crippen LogP contribution is -2.00. The first kappa shape index (κ1) is 10.7. The van der Waals surface area contributed by atoms with Crippen LogP contribution >= 0.6 is 0 Å². The monoisotopic (exact) mass is 200 g/mol. The van der Waals surface area contributed by atoms with Crippen LogP contribution in [0.1, 0.15) is 11.7 Å². The molecule has 0 aromatic heterocycles. The molecule has 0 aliphatic heterocycles. The number of aliphatic hydroxyl groups is 1. The largest absolute Gasteiger partial charge is 0.494 e. The number of benzene rings is 1. The van der Waals surface area contributed by atoms with Gasteiger partial charge < -0.3 is 9.84 Å². The Balaban J connectivity index is 3.21. The first-order valence-electron chi connectivity index (χ1n) is 3.93. The molecule has 0 saturated heterocycles. The maximum atomic E-state index is 13.2. The second kappa shape index (κ2) is 4.19. The van der Waals surface area contributed by atoms with Gasteiger partial charge >= 0.3 is 0 Å². The van der Waals surface area contributed by atoms with Crippen LogP contribution in [0.3, 0.4) is 0 Å². The SMILES string of the molecule is C=CC(O)c1cc(F)c(OC)cc1F. The third-order valence-electron chi connectivity index (χ3n) is 1.81. The summed E-state index contributed by atoms with van der Waals surface area (Å²) in [7, 11) is 1.24. The van der Waals surface area contributed by atoms with Gasteiger partial charge in [-0.05, 0) is 6.07 Å². The molecule has 0 spiro atoms. The van der Waals surface area contributed by atoms with Gasteiger partial charge in [0.1, 0.15) is 5.82 Å². The number of hydrogen-bond donors (Lipinski definition) is 1. The van der Waals surface area contributed by atoms with Crippen LogP contribution in [-0.2, 0) is 0 Å². The molecule has 0 aliphatic carbocycles. The van der Waals surface area contributed by atoms with Crippen molar-refractivity contribution in [3.8, 4) is 5.75 Å². The van der Waals surface area contributed by atoms with Gasteiger partial charge in [0.05, 0.1) is 13.2 Å². The van der Waals surface area contributed by atoms with E-state index in [0.29, 0.717) is 0 Å². The standard InChI is InChI=1S/C10H10F2O2/c1-3-9(13)6-4-8(12)10(14-2)5-7(6)11/h3-5,9,13H,1H2,2H3. The molecule has 0 radical (unpaired) electrons. The van der Waals surface area contributed by atoms with Crippen molar-refractivity contribution in [3.05, 3.63) is 42.0 Å². The Morgan fingerprint density at radius 1 is 1.43 bits per heavy atom. The summed E-state index contributed by atoms with van der Waals surface area (Å²) in [6.45, 7) is 3.28. The molecule has 4 heteroatoms. The van der Waals surface area contributed by atoms with Gasteiger partial charge in [-0.3, -0.25) is 0 Å². The van der Waals surface area contributed by atoms with Gasteiger partial charge in [0.25, 0.3) is 0 Å². The number of aliphatic hydroxyl groups excluding tert-OH is 1. The van der Waals surface area contributed by atoms with Crippen LogP contribution in [0, 0.1) is 11.6 Å². The van der Waals surface area contributed by atoms with E-state index in [-0.39, 0.29) is 11.3 Å². The van der Waals surface area contributed by atoms with Crippen LogP contribution in [0.5, 0.6) is 5.75 Å². The predicted molar refractivity (Wildman–Crippen MR) is 48.1 cm³/mol. The van der Waals surface area contributed by atoms with Gasteiger partial charge in [-0.25, -0.2) is 8.78 Å². The van der Waals surface area contributed by atoms with Crippen molar-refractivity contribution < 1.29 is 18.6 Å². The van der Waals surface area contributed by atoms with Crippen LogP contribution < -0.4 is 4.74 Å². The van der Waals surface area contributed by atoms with Crippen LogP contribution in [0.15, 0.2) is 24.8 Å². The molecular weight excluding hydrogens is 190 g/mol. The summed E-state index contributed by atoms with van der Waals surface area (Å²) in [6.07, 6.45) is -0.0972. The average molecular weight is 200 g/mol. The third-order valence-corrected chi connectivity index (χ3v) is 1.81. The van der Waals surface area contributed by atoms with E-state index in [9.17, 15) is 13.9 Å². The van der Waals surface area contributed by atoms with Crippen LogP contribution in [0.2, 0.25) is 0 Å². The van der Waals surface area contributed by atoms with E-state index >= 15 is 0 Å². The minimum Gasteiger partial charge on any atom is -0.494 e. The molecule has 1 aromatic rings. The molecule has 1 unspecified atom stereocenters. The Hall–Kier alpha value is -1.42. The highest BCUT2D eigenvalue weighted by Crippen LogP contribution is 2.25.